The highest BCUT2D eigenvalue weighted by molar-refractivity contribution is 5.90. The number of carbonyl (C=O) groups excluding carboxylic acids is 2. The summed E-state index contributed by atoms with van der Waals surface area (Å²) in [7, 11) is 0. The van der Waals surface area contributed by atoms with Crippen molar-refractivity contribution >= 4 is 11.9 Å². The lowest BCUT2D eigenvalue weighted by molar-refractivity contribution is -0.131. The molecule has 0 amide bonds. The molecule has 0 atom stereocenters. The standard InChI is InChI=1S/C30H34O6/c1-4-5-6-22-7-9-24(10-8-22)27-17-25(13-16-28(27)36-30(34)21(3)19-32)23-11-14-26(15-12-23)35-29(33)20(2)18-31/h4,11-17,22,24,31-32H,1-3,5-10,18-19H2. The van der Waals surface area contributed by atoms with Gasteiger partial charge in [0.1, 0.15) is 11.5 Å². The second-order valence-electron chi connectivity index (χ2n) is 9.16. The maximum atomic E-state index is 12.3. The molecule has 1 aliphatic carbocycles. The first-order valence-corrected chi connectivity index (χ1v) is 12.2. The molecule has 0 unspecified atom stereocenters. The SMILES string of the molecule is C=CCCC1CCC(c2cc(-c3ccc(OC(=O)C(=C)CO)cc3)ccc2OC(=O)C(=C)CO)CC1. The molecule has 2 aromatic rings. The first-order chi connectivity index (χ1) is 17.4. The molecule has 2 N–H and O–H groups in total. The van der Waals surface area contributed by atoms with Gasteiger partial charge in [0.2, 0.25) is 0 Å². The third-order valence-corrected chi connectivity index (χ3v) is 6.64. The van der Waals surface area contributed by atoms with Gasteiger partial charge in [0.25, 0.3) is 0 Å². The van der Waals surface area contributed by atoms with Crippen molar-refractivity contribution in [3.05, 3.63) is 85.0 Å². The van der Waals surface area contributed by atoms with E-state index in [9.17, 15) is 14.7 Å². The van der Waals surface area contributed by atoms with E-state index in [1.54, 1.807) is 18.2 Å². The number of rotatable bonds is 11. The fourth-order valence-electron chi connectivity index (χ4n) is 4.45. The summed E-state index contributed by atoms with van der Waals surface area (Å²) in [5.41, 5.74) is 2.80. The number of aliphatic hydroxyl groups excluding tert-OH is 2. The highest BCUT2D eigenvalue weighted by Crippen LogP contribution is 2.42. The van der Waals surface area contributed by atoms with Gasteiger partial charge < -0.3 is 19.7 Å². The first-order valence-electron chi connectivity index (χ1n) is 12.2. The predicted octanol–water partition coefficient (Wildman–Crippen LogP) is 5.50. The maximum absolute atomic E-state index is 12.3. The molecule has 1 fully saturated rings. The molecular weight excluding hydrogens is 456 g/mol. The van der Waals surface area contributed by atoms with Crippen LogP contribution in [0.3, 0.4) is 0 Å². The molecule has 1 saturated carbocycles. The molecule has 0 spiro atoms. The van der Waals surface area contributed by atoms with E-state index in [0.717, 1.165) is 55.2 Å². The Morgan fingerprint density at radius 2 is 1.44 bits per heavy atom. The number of carbonyl (C=O) groups is 2. The molecule has 3 rings (SSSR count). The Labute approximate surface area is 212 Å². The third-order valence-electron chi connectivity index (χ3n) is 6.64. The zero-order chi connectivity index (χ0) is 26.1. The average molecular weight is 491 g/mol. The summed E-state index contributed by atoms with van der Waals surface area (Å²) in [5.74, 6) is 0.457. The normalized spacial score (nSPS) is 17.2. The summed E-state index contributed by atoms with van der Waals surface area (Å²) in [4.78, 5) is 24.2. The predicted molar refractivity (Wildman–Crippen MR) is 140 cm³/mol. The molecule has 6 nitrogen and oxygen atoms in total. The summed E-state index contributed by atoms with van der Waals surface area (Å²) in [6.07, 6.45) is 8.36. The molecule has 0 heterocycles. The summed E-state index contributed by atoms with van der Waals surface area (Å²) in [6.45, 7) is 9.95. The van der Waals surface area contributed by atoms with Crippen LogP contribution in [0.1, 0.15) is 50.0 Å². The number of hydrogen-bond acceptors (Lipinski definition) is 6. The number of hydrogen-bond donors (Lipinski definition) is 2. The van der Waals surface area contributed by atoms with Crippen LogP contribution in [0.2, 0.25) is 0 Å². The first kappa shape index (κ1) is 27.1. The quantitative estimate of drug-likeness (QED) is 0.187. The molecule has 1 aliphatic rings. The second kappa shape index (κ2) is 13.0. The van der Waals surface area contributed by atoms with Crippen molar-refractivity contribution in [1.82, 2.24) is 0 Å². The molecule has 0 aliphatic heterocycles. The molecule has 2 aromatic carbocycles. The van der Waals surface area contributed by atoms with Crippen molar-refractivity contribution in [3.8, 4) is 22.6 Å². The second-order valence-corrected chi connectivity index (χ2v) is 9.16. The van der Waals surface area contributed by atoms with Crippen molar-refractivity contribution < 1.29 is 29.3 Å². The summed E-state index contributed by atoms with van der Waals surface area (Å²) >= 11 is 0. The highest BCUT2D eigenvalue weighted by Gasteiger charge is 2.26. The minimum atomic E-state index is -0.674. The number of benzene rings is 2. The van der Waals surface area contributed by atoms with E-state index >= 15 is 0 Å². The summed E-state index contributed by atoms with van der Waals surface area (Å²) in [6, 6.07) is 12.8. The van der Waals surface area contributed by atoms with Gasteiger partial charge in [-0.1, -0.05) is 37.4 Å². The minimum Gasteiger partial charge on any atom is -0.423 e. The van der Waals surface area contributed by atoms with Crippen LogP contribution in [0.4, 0.5) is 0 Å². The van der Waals surface area contributed by atoms with Crippen LogP contribution in [0.5, 0.6) is 11.5 Å². The largest absolute Gasteiger partial charge is 0.423 e. The molecule has 0 saturated heterocycles. The topological polar surface area (TPSA) is 93.1 Å². The fourth-order valence-corrected chi connectivity index (χ4v) is 4.45. The van der Waals surface area contributed by atoms with E-state index in [1.807, 2.05) is 30.3 Å². The minimum absolute atomic E-state index is 0.00664. The van der Waals surface area contributed by atoms with Crippen molar-refractivity contribution in [2.75, 3.05) is 13.2 Å². The summed E-state index contributed by atoms with van der Waals surface area (Å²) in [5, 5.41) is 18.3. The van der Waals surface area contributed by atoms with Crippen LogP contribution in [0.25, 0.3) is 11.1 Å². The van der Waals surface area contributed by atoms with Gasteiger partial charge in [-0.3, -0.25) is 0 Å². The molecule has 0 bridgehead atoms. The van der Waals surface area contributed by atoms with E-state index in [1.165, 1.54) is 0 Å². The van der Waals surface area contributed by atoms with Crippen LogP contribution in [0.15, 0.2) is 79.4 Å². The maximum Gasteiger partial charge on any atom is 0.341 e. The highest BCUT2D eigenvalue weighted by atomic mass is 16.5. The van der Waals surface area contributed by atoms with E-state index < -0.39 is 25.2 Å². The van der Waals surface area contributed by atoms with E-state index in [-0.39, 0.29) is 17.1 Å². The van der Waals surface area contributed by atoms with Crippen molar-refractivity contribution in [1.29, 1.82) is 0 Å². The van der Waals surface area contributed by atoms with Gasteiger partial charge >= 0.3 is 11.9 Å². The zero-order valence-electron chi connectivity index (χ0n) is 20.6. The van der Waals surface area contributed by atoms with Gasteiger partial charge in [0.15, 0.2) is 0 Å². The number of esters is 2. The van der Waals surface area contributed by atoms with Crippen LogP contribution >= 0.6 is 0 Å². The van der Waals surface area contributed by atoms with Crippen LogP contribution in [-0.4, -0.2) is 35.4 Å². The Kier molecular flexibility index (Phi) is 9.79. The van der Waals surface area contributed by atoms with Gasteiger partial charge in [-0.15, -0.1) is 6.58 Å². The number of allylic oxidation sites excluding steroid dienone is 1. The molecule has 190 valence electrons. The van der Waals surface area contributed by atoms with Crippen LogP contribution < -0.4 is 9.47 Å². The van der Waals surface area contributed by atoms with E-state index in [0.29, 0.717) is 17.4 Å². The van der Waals surface area contributed by atoms with E-state index in [2.05, 4.69) is 19.7 Å². The Hall–Kier alpha value is -3.48. The van der Waals surface area contributed by atoms with Gasteiger partial charge in [-0.25, -0.2) is 9.59 Å². The number of aliphatic hydroxyl groups is 2. The lowest BCUT2D eigenvalue weighted by Crippen LogP contribution is -2.17. The Bertz CT molecular complexity index is 1110. The summed E-state index contributed by atoms with van der Waals surface area (Å²) < 4.78 is 10.9. The Morgan fingerprint density at radius 1 is 0.861 bits per heavy atom. The van der Waals surface area contributed by atoms with Crippen molar-refractivity contribution in [2.24, 2.45) is 5.92 Å². The van der Waals surface area contributed by atoms with Crippen LogP contribution in [0, 0.1) is 5.92 Å². The zero-order valence-corrected chi connectivity index (χ0v) is 20.6. The lowest BCUT2D eigenvalue weighted by Gasteiger charge is -2.30. The molecule has 6 heteroatoms. The van der Waals surface area contributed by atoms with Crippen molar-refractivity contribution in [2.45, 2.75) is 44.4 Å². The molecular formula is C30H34O6. The molecule has 36 heavy (non-hydrogen) atoms. The third kappa shape index (κ3) is 7.03. The van der Waals surface area contributed by atoms with Gasteiger partial charge in [-0.05, 0) is 91.3 Å². The average Bonchev–Trinajstić information content (AvgIpc) is 2.91. The van der Waals surface area contributed by atoms with Gasteiger partial charge in [0, 0.05) is 0 Å². The van der Waals surface area contributed by atoms with Crippen LogP contribution in [-0.2, 0) is 9.59 Å². The Balaban J connectivity index is 1.84. The van der Waals surface area contributed by atoms with Gasteiger partial charge in [-0.2, -0.15) is 0 Å². The molecule has 0 radical (unpaired) electrons. The number of ether oxygens (including phenoxy) is 2. The monoisotopic (exact) mass is 490 g/mol. The lowest BCUT2D eigenvalue weighted by atomic mass is 9.76. The van der Waals surface area contributed by atoms with E-state index in [4.69, 9.17) is 14.6 Å². The smallest absolute Gasteiger partial charge is 0.341 e. The molecule has 0 aromatic heterocycles. The Morgan fingerprint density at radius 3 is 2.03 bits per heavy atom. The van der Waals surface area contributed by atoms with Gasteiger partial charge in [0.05, 0.1) is 24.4 Å². The fraction of sp³-hybridized carbons (Fsp3) is 0.333. The van der Waals surface area contributed by atoms with Crippen molar-refractivity contribution in [3.63, 3.8) is 0 Å².